The Kier molecular flexibility index (Phi) is 7.69. The van der Waals surface area contributed by atoms with Gasteiger partial charge in [0.1, 0.15) is 5.75 Å². The standard InChI is InChI=1S/C18H19Cl2N3O4/c1-13-12-16(6-7-17(13)22(10-8-19)11-9-20)27-18(24)21-14-2-4-15(5-3-14)23(25)26/h2-7,12H,8-11H2,1H3,(H,21,24). The number of hydrogen-bond donors (Lipinski definition) is 1. The van der Waals surface area contributed by atoms with Crippen LogP contribution in [0.4, 0.5) is 21.9 Å². The van der Waals surface area contributed by atoms with E-state index in [4.69, 9.17) is 27.9 Å². The second kappa shape index (κ2) is 9.99. The monoisotopic (exact) mass is 411 g/mol. The Balaban J connectivity index is 2.03. The maximum absolute atomic E-state index is 12.0. The number of rotatable bonds is 8. The van der Waals surface area contributed by atoms with Crippen LogP contribution in [0.15, 0.2) is 42.5 Å². The van der Waals surface area contributed by atoms with E-state index < -0.39 is 11.0 Å². The number of halogens is 2. The highest BCUT2D eigenvalue weighted by atomic mass is 35.5. The van der Waals surface area contributed by atoms with Crippen molar-refractivity contribution in [3.8, 4) is 5.75 Å². The molecule has 0 aliphatic heterocycles. The second-order valence-corrected chi connectivity index (χ2v) is 6.39. The topological polar surface area (TPSA) is 84.7 Å². The Morgan fingerprint density at radius 2 is 1.78 bits per heavy atom. The van der Waals surface area contributed by atoms with Crippen molar-refractivity contribution in [3.63, 3.8) is 0 Å². The molecule has 0 aliphatic rings. The fraction of sp³-hybridized carbons (Fsp3) is 0.278. The minimum absolute atomic E-state index is 0.0569. The summed E-state index contributed by atoms with van der Waals surface area (Å²) in [5.41, 5.74) is 2.23. The predicted molar refractivity (Wildman–Crippen MR) is 108 cm³/mol. The van der Waals surface area contributed by atoms with E-state index in [1.807, 2.05) is 13.0 Å². The van der Waals surface area contributed by atoms with Gasteiger partial charge in [0.2, 0.25) is 0 Å². The van der Waals surface area contributed by atoms with Gasteiger partial charge in [-0.2, -0.15) is 0 Å². The number of nitrogens with zero attached hydrogens (tertiary/aromatic N) is 2. The molecule has 144 valence electrons. The summed E-state index contributed by atoms with van der Waals surface area (Å²) >= 11 is 11.7. The minimum atomic E-state index is -0.686. The highest BCUT2D eigenvalue weighted by molar-refractivity contribution is 6.18. The third kappa shape index (κ3) is 6.01. The Morgan fingerprint density at radius 3 is 2.30 bits per heavy atom. The van der Waals surface area contributed by atoms with E-state index >= 15 is 0 Å². The van der Waals surface area contributed by atoms with Gasteiger partial charge in [0, 0.05) is 48.4 Å². The number of nitro benzene ring substituents is 1. The number of benzene rings is 2. The molecular weight excluding hydrogens is 393 g/mol. The van der Waals surface area contributed by atoms with Gasteiger partial charge in [0.25, 0.3) is 5.69 Å². The summed E-state index contributed by atoms with van der Waals surface area (Å²) in [5.74, 6) is 1.34. The highest BCUT2D eigenvalue weighted by Crippen LogP contribution is 2.25. The van der Waals surface area contributed by atoms with Crippen molar-refractivity contribution < 1.29 is 14.5 Å². The van der Waals surface area contributed by atoms with Crippen LogP contribution in [0.2, 0.25) is 0 Å². The third-order valence-electron chi connectivity index (χ3n) is 3.75. The van der Waals surface area contributed by atoms with E-state index in [0.717, 1.165) is 11.3 Å². The van der Waals surface area contributed by atoms with Crippen LogP contribution in [0.25, 0.3) is 0 Å². The molecule has 0 fully saturated rings. The number of nitro groups is 1. The summed E-state index contributed by atoms with van der Waals surface area (Å²) in [5, 5.41) is 13.2. The van der Waals surface area contributed by atoms with Crippen molar-refractivity contribution in [1.82, 2.24) is 0 Å². The van der Waals surface area contributed by atoms with Gasteiger partial charge in [0.05, 0.1) is 4.92 Å². The Morgan fingerprint density at radius 1 is 1.15 bits per heavy atom. The van der Waals surface area contributed by atoms with Crippen LogP contribution in [0, 0.1) is 17.0 Å². The van der Waals surface area contributed by atoms with E-state index in [0.29, 0.717) is 36.3 Å². The quantitative estimate of drug-likeness (QED) is 0.383. The molecule has 7 nitrogen and oxygen atoms in total. The van der Waals surface area contributed by atoms with Crippen LogP contribution >= 0.6 is 23.2 Å². The highest BCUT2D eigenvalue weighted by Gasteiger charge is 2.12. The number of carbonyl (C=O) groups excluding carboxylic acids is 1. The lowest BCUT2D eigenvalue weighted by Crippen LogP contribution is -2.28. The van der Waals surface area contributed by atoms with E-state index in [9.17, 15) is 14.9 Å². The van der Waals surface area contributed by atoms with E-state index in [1.165, 1.54) is 24.3 Å². The van der Waals surface area contributed by atoms with Gasteiger partial charge < -0.3 is 9.64 Å². The van der Waals surface area contributed by atoms with Crippen LogP contribution in [-0.4, -0.2) is 35.9 Å². The molecule has 2 aromatic rings. The summed E-state index contributed by atoms with van der Waals surface area (Å²) in [6.07, 6.45) is -0.686. The van der Waals surface area contributed by atoms with Crippen molar-refractivity contribution in [2.24, 2.45) is 0 Å². The maximum Gasteiger partial charge on any atom is 0.417 e. The molecule has 1 N–H and O–H groups in total. The number of nitrogens with one attached hydrogen (secondary N) is 1. The fourth-order valence-corrected chi connectivity index (χ4v) is 2.93. The Bertz CT molecular complexity index is 794. The molecule has 0 spiro atoms. The molecule has 0 saturated carbocycles. The average molecular weight is 412 g/mol. The number of alkyl halides is 2. The smallest absolute Gasteiger partial charge is 0.410 e. The lowest BCUT2D eigenvalue weighted by Gasteiger charge is -2.25. The van der Waals surface area contributed by atoms with Crippen LogP contribution < -0.4 is 15.0 Å². The zero-order valence-corrected chi connectivity index (χ0v) is 16.2. The predicted octanol–water partition coefficient (Wildman–Crippen LogP) is 4.80. The number of hydrogen-bond acceptors (Lipinski definition) is 5. The molecule has 0 aliphatic carbocycles. The lowest BCUT2D eigenvalue weighted by atomic mass is 10.1. The molecule has 0 saturated heterocycles. The summed E-state index contributed by atoms with van der Waals surface area (Å²) in [7, 11) is 0. The minimum Gasteiger partial charge on any atom is -0.410 e. The van der Waals surface area contributed by atoms with Crippen molar-refractivity contribution >= 4 is 46.4 Å². The van der Waals surface area contributed by atoms with Crippen LogP contribution in [0.5, 0.6) is 5.75 Å². The molecule has 0 unspecified atom stereocenters. The first-order chi connectivity index (χ1) is 12.9. The first kappa shape index (κ1) is 20.8. The molecule has 2 rings (SSSR count). The van der Waals surface area contributed by atoms with Crippen molar-refractivity contribution in [2.45, 2.75) is 6.92 Å². The van der Waals surface area contributed by atoms with Crippen LogP contribution in [-0.2, 0) is 0 Å². The zero-order chi connectivity index (χ0) is 19.8. The van der Waals surface area contributed by atoms with E-state index in [1.54, 1.807) is 12.1 Å². The number of ether oxygens (including phenoxy) is 1. The number of anilines is 2. The molecule has 0 heterocycles. The summed E-state index contributed by atoms with van der Waals surface area (Å²) in [6.45, 7) is 3.23. The molecular formula is C18H19Cl2N3O4. The van der Waals surface area contributed by atoms with Gasteiger partial charge >= 0.3 is 6.09 Å². The molecule has 0 bridgehead atoms. The van der Waals surface area contributed by atoms with E-state index in [2.05, 4.69) is 10.2 Å². The van der Waals surface area contributed by atoms with Gasteiger partial charge in [-0.1, -0.05) is 0 Å². The molecule has 9 heteroatoms. The molecule has 0 radical (unpaired) electrons. The van der Waals surface area contributed by atoms with Gasteiger partial charge in [-0.05, 0) is 42.8 Å². The average Bonchev–Trinajstić information content (AvgIpc) is 2.62. The third-order valence-corrected chi connectivity index (χ3v) is 4.09. The van der Waals surface area contributed by atoms with Crippen molar-refractivity contribution in [1.29, 1.82) is 0 Å². The number of carbonyl (C=O) groups is 1. The van der Waals surface area contributed by atoms with Crippen LogP contribution in [0.3, 0.4) is 0 Å². The van der Waals surface area contributed by atoms with Crippen LogP contribution in [0.1, 0.15) is 5.56 Å². The molecule has 2 aromatic carbocycles. The SMILES string of the molecule is Cc1cc(OC(=O)Nc2ccc([N+](=O)[O-])cc2)ccc1N(CCCl)CCCl. The van der Waals surface area contributed by atoms with Gasteiger partial charge in [-0.25, -0.2) is 4.79 Å². The van der Waals surface area contributed by atoms with Gasteiger partial charge in [-0.3, -0.25) is 15.4 Å². The summed E-state index contributed by atoms with van der Waals surface area (Å²) in [4.78, 5) is 24.2. The maximum atomic E-state index is 12.0. The zero-order valence-electron chi connectivity index (χ0n) is 14.7. The number of amides is 1. The lowest BCUT2D eigenvalue weighted by molar-refractivity contribution is -0.384. The molecule has 27 heavy (non-hydrogen) atoms. The second-order valence-electron chi connectivity index (χ2n) is 5.63. The Hall–Kier alpha value is -2.51. The molecule has 0 aromatic heterocycles. The van der Waals surface area contributed by atoms with Crippen molar-refractivity contribution in [3.05, 3.63) is 58.1 Å². The number of non-ortho nitro benzene ring substituents is 1. The van der Waals surface area contributed by atoms with E-state index in [-0.39, 0.29) is 5.69 Å². The normalized spacial score (nSPS) is 10.3. The van der Waals surface area contributed by atoms with Gasteiger partial charge in [0.15, 0.2) is 0 Å². The largest absolute Gasteiger partial charge is 0.417 e. The van der Waals surface area contributed by atoms with Gasteiger partial charge in [-0.15, -0.1) is 23.2 Å². The first-order valence-corrected chi connectivity index (χ1v) is 9.22. The Labute approximate surface area is 167 Å². The molecule has 1 amide bonds. The molecule has 0 atom stereocenters. The van der Waals surface area contributed by atoms with Crippen molar-refractivity contribution in [2.75, 3.05) is 35.1 Å². The first-order valence-electron chi connectivity index (χ1n) is 8.15. The summed E-state index contributed by atoms with van der Waals surface area (Å²) < 4.78 is 5.28. The summed E-state index contributed by atoms with van der Waals surface area (Å²) in [6, 6.07) is 10.8. The number of aryl methyl sites for hydroxylation is 1. The fourth-order valence-electron chi connectivity index (χ4n) is 2.52.